The Balaban J connectivity index is 2.64. The van der Waals surface area contributed by atoms with E-state index in [1.54, 1.807) is 0 Å². The standard InChI is InChI=1S/C15H25NO/c1-5-10-17-14-8-6-13(7-9-14)15(16-4)11-12(2)3/h6-9,12,15-16H,5,10-11H2,1-4H3. The van der Waals surface area contributed by atoms with Crippen LogP contribution in [-0.2, 0) is 0 Å². The average Bonchev–Trinajstić information content (AvgIpc) is 2.34. The third kappa shape index (κ3) is 4.78. The quantitative estimate of drug-likeness (QED) is 0.776. The van der Waals surface area contributed by atoms with Gasteiger partial charge in [0.05, 0.1) is 6.61 Å². The molecule has 0 aliphatic carbocycles. The molecule has 0 spiro atoms. The molecule has 1 aromatic carbocycles. The second kappa shape index (κ2) is 7.33. The van der Waals surface area contributed by atoms with Crippen molar-refractivity contribution < 1.29 is 4.74 Å². The SMILES string of the molecule is CCCOc1ccc(C(CC(C)C)NC)cc1. The fourth-order valence-electron chi connectivity index (χ4n) is 1.91. The maximum Gasteiger partial charge on any atom is 0.119 e. The van der Waals surface area contributed by atoms with Crippen LogP contribution in [0.15, 0.2) is 24.3 Å². The van der Waals surface area contributed by atoms with E-state index in [0.29, 0.717) is 12.0 Å². The van der Waals surface area contributed by atoms with Crippen molar-refractivity contribution in [3.63, 3.8) is 0 Å². The van der Waals surface area contributed by atoms with Crippen LogP contribution >= 0.6 is 0 Å². The summed E-state index contributed by atoms with van der Waals surface area (Å²) in [5.41, 5.74) is 1.34. The van der Waals surface area contributed by atoms with E-state index in [-0.39, 0.29) is 0 Å². The molecular weight excluding hydrogens is 210 g/mol. The van der Waals surface area contributed by atoms with Gasteiger partial charge in [-0.25, -0.2) is 0 Å². The van der Waals surface area contributed by atoms with Gasteiger partial charge < -0.3 is 10.1 Å². The molecule has 1 rings (SSSR count). The normalized spacial score (nSPS) is 12.8. The summed E-state index contributed by atoms with van der Waals surface area (Å²) in [5, 5.41) is 3.37. The summed E-state index contributed by atoms with van der Waals surface area (Å²) in [6.07, 6.45) is 2.21. The first-order valence-corrected chi connectivity index (χ1v) is 6.57. The zero-order chi connectivity index (χ0) is 12.7. The Kier molecular flexibility index (Phi) is 6.06. The molecule has 0 amide bonds. The predicted octanol–water partition coefficient (Wildman–Crippen LogP) is 3.78. The largest absolute Gasteiger partial charge is 0.494 e. The highest BCUT2D eigenvalue weighted by molar-refractivity contribution is 5.29. The molecule has 0 heterocycles. The highest BCUT2D eigenvalue weighted by Gasteiger charge is 2.10. The molecule has 1 aromatic rings. The molecule has 1 unspecified atom stereocenters. The first kappa shape index (κ1) is 14.0. The summed E-state index contributed by atoms with van der Waals surface area (Å²) in [4.78, 5) is 0. The van der Waals surface area contributed by atoms with E-state index >= 15 is 0 Å². The molecular formula is C15H25NO. The lowest BCUT2D eigenvalue weighted by Crippen LogP contribution is -2.18. The molecule has 1 N–H and O–H groups in total. The first-order valence-electron chi connectivity index (χ1n) is 6.57. The van der Waals surface area contributed by atoms with E-state index in [0.717, 1.165) is 25.2 Å². The number of rotatable bonds is 7. The first-order chi connectivity index (χ1) is 8.17. The van der Waals surface area contributed by atoms with Gasteiger partial charge in [0, 0.05) is 6.04 Å². The zero-order valence-corrected chi connectivity index (χ0v) is 11.5. The molecule has 0 aliphatic rings. The van der Waals surface area contributed by atoms with Crippen LogP contribution in [0.1, 0.15) is 45.2 Å². The number of nitrogens with one attached hydrogen (secondary N) is 1. The van der Waals surface area contributed by atoms with Crippen molar-refractivity contribution in [1.29, 1.82) is 0 Å². The third-order valence-corrected chi connectivity index (χ3v) is 2.81. The van der Waals surface area contributed by atoms with Crippen molar-refractivity contribution in [1.82, 2.24) is 5.32 Å². The predicted molar refractivity (Wildman–Crippen MR) is 73.5 cm³/mol. The summed E-state index contributed by atoms with van der Waals surface area (Å²) >= 11 is 0. The van der Waals surface area contributed by atoms with E-state index in [9.17, 15) is 0 Å². The molecule has 0 radical (unpaired) electrons. The van der Waals surface area contributed by atoms with Crippen molar-refractivity contribution in [2.45, 2.75) is 39.7 Å². The van der Waals surface area contributed by atoms with Crippen molar-refractivity contribution >= 4 is 0 Å². The maximum absolute atomic E-state index is 5.58. The van der Waals surface area contributed by atoms with Crippen LogP contribution < -0.4 is 10.1 Å². The fraction of sp³-hybridized carbons (Fsp3) is 0.600. The summed E-state index contributed by atoms with van der Waals surface area (Å²) in [7, 11) is 2.02. The summed E-state index contributed by atoms with van der Waals surface area (Å²) in [5.74, 6) is 1.67. The smallest absolute Gasteiger partial charge is 0.119 e. The van der Waals surface area contributed by atoms with Gasteiger partial charge in [-0.3, -0.25) is 0 Å². The Morgan fingerprint density at radius 1 is 1.18 bits per heavy atom. The second-order valence-corrected chi connectivity index (χ2v) is 4.89. The van der Waals surface area contributed by atoms with Gasteiger partial charge in [-0.15, -0.1) is 0 Å². The molecule has 0 bridgehead atoms. The lowest BCUT2D eigenvalue weighted by molar-refractivity contribution is 0.317. The van der Waals surface area contributed by atoms with Crippen LogP contribution in [0.2, 0.25) is 0 Å². The third-order valence-electron chi connectivity index (χ3n) is 2.81. The Labute approximate surface area is 105 Å². The molecule has 1 atom stereocenters. The number of benzene rings is 1. The van der Waals surface area contributed by atoms with E-state index in [1.807, 2.05) is 7.05 Å². The summed E-state index contributed by atoms with van der Waals surface area (Å²) in [6.45, 7) is 7.42. The molecule has 2 heteroatoms. The van der Waals surface area contributed by atoms with Crippen molar-refractivity contribution in [2.75, 3.05) is 13.7 Å². The van der Waals surface area contributed by atoms with Gasteiger partial charge in [-0.2, -0.15) is 0 Å². The molecule has 0 aliphatic heterocycles. The maximum atomic E-state index is 5.58. The van der Waals surface area contributed by atoms with Crippen molar-refractivity contribution in [2.24, 2.45) is 5.92 Å². The Hall–Kier alpha value is -1.02. The fourth-order valence-corrected chi connectivity index (χ4v) is 1.91. The molecule has 0 fully saturated rings. The molecule has 2 nitrogen and oxygen atoms in total. The average molecular weight is 235 g/mol. The van der Waals surface area contributed by atoms with Gasteiger partial charge in [0.1, 0.15) is 5.75 Å². The van der Waals surface area contributed by atoms with Gasteiger partial charge >= 0.3 is 0 Å². The van der Waals surface area contributed by atoms with Crippen molar-refractivity contribution in [3.05, 3.63) is 29.8 Å². The number of ether oxygens (including phenoxy) is 1. The number of hydrogen-bond acceptors (Lipinski definition) is 2. The van der Waals surface area contributed by atoms with Crippen LogP contribution in [0.5, 0.6) is 5.75 Å². The van der Waals surface area contributed by atoms with Crippen LogP contribution in [-0.4, -0.2) is 13.7 Å². The van der Waals surface area contributed by atoms with Crippen LogP contribution in [0.25, 0.3) is 0 Å². The lowest BCUT2D eigenvalue weighted by atomic mass is 9.97. The van der Waals surface area contributed by atoms with Gasteiger partial charge in [-0.1, -0.05) is 32.9 Å². The Morgan fingerprint density at radius 3 is 2.29 bits per heavy atom. The van der Waals surface area contributed by atoms with Gasteiger partial charge in [0.15, 0.2) is 0 Å². The minimum atomic E-state index is 0.440. The van der Waals surface area contributed by atoms with E-state index < -0.39 is 0 Å². The molecule has 17 heavy (non-hydrogen) atoms. The highest BCUT2D eigenvalue weighted by atomic mass is 16.5. The minimum absolute atomic E-state index is 0.440. The van der Waals surface area contributed by atoms with Crippen LogP contribution in [0.3, 0.4) is 0 Å². The minimum Gasteiger partial charge on any atom is -0.494 e. The second-order valence-electron chi connectivity index (χ2n) is 4.89. The van der Waals surface area contributed by atoms with Gasteiger partial charge in [0.25, 0.3) is 0 Å². The highest BCUT2D eigenvalue weighted by Crippen LogP contribution is 2.23. The Morgan fingerprint density at radius 2 is 1.82 bits per heavy atom. The topological polar surface area (TPSA) is 21.3 Å². The molecule has 0 aromatic heterocycles. The summed E-state index contributed by atoms with van der Waals surface area (Å²) < 4.78 is 5.58. The molecule has 96 valence electrons. The zero-order valence-electron chi connectivity index (χ0n) is 11.5. The lowest BCUT2D eigenvalue weighted by Gasteiger charge is -2.19. The van der Waals surface area contributed by atoms with Crippen molar-refractivity contribution in [3.8, 4) is 5.75 Å². The van der Waals surface area contributed by atoms with E-state index in [4.69, 9.17) is 4.74 Å². The molecule has 0 saturated carbocycles. The number of hydrogen-bond donors (Lipinski definition) is 1. The van der Waals surface area contributed by atoms with Gasteiger partial charge in [-0.05, 0) is 43.5 Å². The van der Waals surface area contributed by atoms with Crippen LogP contribution in [0.4, 0.5) is 0 Å². The monoisotopic (exact) mass is 235 g/mol. The summed E-state index contributed by atoms with van der Waals surface area (Å²) in [6, 6.07) is 8.89. The van der Waals surface area contributed by atoms with Crippen LogP contribution in [0, 0.1) is 5.92 Å². The van der Waals surface area contributed by atoms with Gasteiger partial charge in [0.2, 0.25) is 0 Å². The molecule has 0 saturated heterocycles. The van der Waals surface area contributed by atoms with E-state index in [1.165, 1.54) is 5.56 Å². The van der Waals surface area contributed by atoms with E-state index in [2.05, 4.69) is 50.4 Å². The Bertz CT molecular complexity index is 305.